The van der Waals surface area contributed by atoms with E-state index in [1.807, 2.05) is 0 Å². The van der Waals surface area contributed by atoms with Gasteiger partial charge in [0.2, 0.25) is 5.91 Å². The lowest BCUT2D eigenvalue weighted by atomic mass is 10.2. The predicted octanol–water partition coefficient (Wildman–Crippen LogP) is 4.83. The van der Waals surface area contributed by atoms with Crippen LogP contribution >= 0.6 is 35.0 Å². The number of carbonyl (C=O) groups is 1. The summed E-state index contributed by atoms with van der Waals surface area (Å²) in [6, 6.07) is 13.2. The fraction of sp³-hybridized carbons (Fsp3) is 0.0588. The predicted molar refractivity (Wildman–Crippen MR) is 98.3 cm³/mol. The molecule has 0 aliphatic heterocycles. The van der Waals surface area contributed by atoms with Crippen LogP contribution in [-0.2, 0) is 4.79 Å². The van der Waals surface area contributed by atoms with Gasteiger partial charge in [-0.05, 0) is 42.5 Å². The molecule has 7 heteroatoms. The number of anilines is 1. The van der Waals surface area contributed by atoms with Gasteiger partial charge in [-0.1, -0.05) is 23.2 Å². The third-order valence-electron chi connectivity index (χ3n) is 3.16. The van der Waals surface area contributed by atoms with Crippen molar-refractivity contribution in [3.63, 3.8) is 0 Å². The molecule has 24 heavy (non-hydrogen) atoms. The van der Waals surface area contributed by atoms with E-state index in [1.165, 1.54) is 17.8 Å². The zero-order chi connectivity index (χ0) is 17.1. The Morgan fingerprint density at radius 1 is 1.08 bits per heavy atom. The van der Waals surface area contributed by atoms with Gasteiger partial charge in [0, 0.05) is 27.1 Å². The first-order valence-corrected chi connectivity index (χ1v) is 8.67. The maximum Gasteiger partial charge on any atom is 0.336 e. The van der Waals surface area contributed by atoms with Gasteiger partial charge in [-0.3, -0.25) is 4.79 Å². The standard InChI is InChI=1S/C17H11Cl2NO3S/c18-11-2-4-13(19)15(8-11)24-9-16(21)20-12-3-5-14-10(7-12)1-6-17(22)23-14/h1-8H,9H2,(H,20,21). The monoisotopic (exact) mass is 379 g/mol. The summed E-state index contributed by atoms with van der Waals surface area (Å²) in [6.45, 7) is 0. The third kappa shape index (κ3) is 4.12. The molecule has 1 amide bonds. The lowest BCUT2D eigenvalue weighted by Gasteiger charge is -2.07. The first kappa shape index (κ1) is 16.9. The van der Waals surface area contributed by atoms with Crippen LogP contribution in [0.1, 0.15) is 0 Å². The molecule has 0 fully saturated rings. The van der Waals surface area contributed by atoms with Crippen LogP contribution in [0.4, 0.5) is 5.69 Å². The molecule has 1 N–H and O–H groups in total. The second kappa shape index (κ2) is 7.30. The second-order valence-electron chi connectivity index (χ2n) is 4.92. The highest BCUT2D eigenvalue weighted by Crippen LogP contribution is 2.30. The minimum atomic E-state index is -0.408. The molecule has 4 nitrogen and oxygen atoms in total. The van der Waals surface area contributed by atoms with Gasteiger partial charge in [-0.2, -0.15) is 0 Å². The zero-order valence-corrected chi connectivity index (χ0v) is 14.5. The number of fused-ring (bicyclic) bond motifs is 1. The fourth-order valence-corrected chi connectivity index (χ4v) is 3.37. The summed E-state index contributed by atoms with van der Waals surface area (Å²) in [7, 11) is 0. The highest BCUT2D eigenvalue weighted by molar-refractivity contribution is 8.00. The minimum Gasteiger partial charge on any atom is -0.423 e. The number of hydrogen-bond donors (Lipinski definition) is 1. The van der Waals surface area contributed by atoms with Crippen molar-refractivity contribution < 1.29 is 9.21 Å². The molecule has 0 aliphatic carbocycles. The molecular weight excluding hydrogens is 369 g/mol. The van der Waals surface area contributed by atoms with Crippen molar-refractivity contribution in [3.05, 3.63) is 69.0 Å². The summed E-state index contributed by atoms with van der Waals surface area (Å²) in [5.41, 5.74) is 0.689. The van der Waals surface area contributed by atoms with Crippen molar-refractivity contribution in [2.24, 2.45) is 0 Å². The fourth-order valence-electron chi connectivity index (χ4n) is 2.08. The number of thioether (sulfide) groups is 1. The first-order valence-electron chi connectivity index (χ1n) is 6.93. The van der Waals surface area contributed by atoms with Gasteiger partial charge >= 0.3 is 5.63 Å². The van der Waals surface area contributed by atoms with Crippen molar-refractivity contribution in [2.45, 2.75) is 4.90 Å². The highest BCUT2D eigenvalue weighted by Gasteiger charge is 2.08. The SMILES string of the molecule is O=C(CSc1cc(Cl)ccc1Cl)Nc1ccc2oc(=O)ccc2c1. The topological polar surface area (TPSA) is 59.3 Å². The van der Waals surface area contributed by atoms with Gasteiger partial charge in [0.15, 0.2) is 0 Å². The Bertz CT molecular complexity index is 971. The summed E-state index contributed by atoms with van der Waals surface area (Å²) < 4.78 is 5.05. The van der Waals surface area contributed by atoms with Crippen molar-refractivity contribution in [2.75, 3.05) is 11.1 Å². The molecule has 0 bridgehead atoms. The van der Waals surface area contributed by atoms with Crippen LogP contribution in [-0.4, -0.2) is 11.7 Å². The maximum absolute atomic E-state index is 12.1. The Morgan fingerprint density at radius 3 is 2.75 bits per heavy atom. The number of nitrogens with one attached hydrogen (secondary N) is 1. The number of halogens is 2. The normalized spacial score (nSPS) is 10.8. The smallest absolute Gasteiger partial charge is 0.336 e. The van der Waals surface area contributed by atoms with E-state index in [0.29, 0.717) is 21.3 Å². The van der Waals surface area contributed by atoms with E-state index in [-0.39, 0.29) is 11.7 Å². The number of rotatable bonds is 4. The molecule has 1 aromatic heterocycles. The minimum absolute atomic E-state index is 0.173. The summed E-state index contributed by atoms with van der Waals surface area (Å²) in [4.78, 5) is 24.0. The van der Waals surface area contributed by atoms with E-state index in [4.69, 9.17) is 27.6 Å². The molecule has 0 saturated carbocycles. The van der Waals surface area contributed by atoms with Gasteiger partial charge in [0.1, 0.15) is 5.58 Å². The Morgan fingerprint density at radius 2 is 1.92 bits per heavy atom. The molecule has 0 unspecified atom stereocenters. The van der Waals surface area contributed by atoms with Gasteiger partial charge < -0.3 is 9.73 Å². The van der Waals surface area contributed by atoms with E-state index >= 15 is 0 Å². The largest absolute Gasteiger partial charge is 0.423 e. The van der Waals surface area contributed by atoms with Crippen molar-refractivity contribution in [3.8, 4) is 0 Å². The molecule has 2 aromatic carbocycles. The molecule has 0 radical (unpaired) electrons. The van der Waals surface area contributed by atoms with Gasteiger partial charge in [-0.25, -0.2) is 4.79 Å². The quantitative estimate of drug-likeness (QED) is 0.520. The summed E-state index contributed by atoms with van der Waals surface area (Å²) in [5, 5.41) is 4.65. The highest BCUT2D eigenvalue weighted by atomic mass is 35.5. The van der Waals surface area contributed by atoms with Gasteiger partial charge in [-0.15, -0.1) is 11.8 Å². The number of carbonyl (C=O) groups excluding carboxylic acids is 1. The molecule has 0 aliphatic rings. The van der Waals surface area contributed by atoms with Crippen LogP contribution in [0.25, 0.3) is 11.0 Å². The third-order valence-corrected chi connectivity index (χ3v) is 4.89. The van der Waals surface area contributed by atoms with Crippen molar-refractivity contribution in [1.82, 2.24) is 0 Å². The molecule has 0 saturated heterocycles. The average molecular weight is 380 g/mol. The molecule has 0 spiro atoms. The number of amides is 1. The van der Waals surface area contributed by atoms with Crippen LogP contribution in [0.3, 0.4) is 0 Å². The second-order valence-corrected chi connectivity index (χ2v) is 6.78. The molecule has 1 heterocycles. The van der Waals surface area contributed by atoms with Crippen LogP contribution in [0.5, 0.6) is 0 Å². The Labute approximate surface area is 151 Å². The number of benzene rings is 2. The van der Waals surface area contributed by atoms with E-state index in [2.05, 4.69) is 5.32 Å². The van der Waals surface area contributed by atoms with E-state index < -0.39 is 5.63 Å². The summed E-state index contributed by atoms with van der Waals surface area (Å²) in [5.74, 6) is 0.0230. The van der Waals surface area contributed by atoms with Crippen molar-refractivity contribution in [1.29, 1.82) is 0 Å². The molecule has 3 aromatic rings. The van der Waals surface area contributed by atoms with Crippen LogP contribution < -0.4 is 10.9 Å². The van der Waals surface area contributed by atoms with E-state index in [9.17, 15) is 9.59 Å². The number of hydrogen-bond acceptors (Lipinski definition) is 4. The summed E-state index contributed by atoms with van der Waals surface area (Å²) in [6.07, 6.45) is 0. The van der Waals surface area contributed by atoms with Gasteiger partial charge in [0.25, 0.3) is 0 Å². The van der Waals surface area contributed by atoms with Crippen molar-refractivity contribution >= 4 is 57.5 Å². The van der Waals surface area contributed by atoms with Gasteiger partial charge in [0.05, 0.1) is 10.8 Å². The molecule has 0 atom stereocenters. The molecular formula is C17H11Cl2NO3S. The molecule has 122 valence electrons. The first-order chi connectivity index (χ1) is 11.5. The molecule has 3 rings (SSSR count). The van der Waals surface area contributed by atoms with Crippen LogP contribution in [0.15, 0.2) is 62.6 Å². The zero-order valence-electron chi connectivity index (χ0n) is 12.2. The van der Waals surface area contributed by atoms with Crippen LogP contribution in [0, 0.1) is 0 Å². The Kier molecular flexibility index (Phi) is 5.14. The maximum atomic E-state index is 12.1. The average Bonchev–Trinajstić information content (AvgIpc) is 2.56. The Balaban J connectivity index is 1.67. The van der Waals surface area contributed by atoms with Crippen LogP contribution in [0.2, 0.25) is 10.0 Å². The van der Waals surface area contributed by atoms with E-state index in [1.54, 1.807) is 42.5 Å². The Hall–Kier alpha value is -1.95. The summed E-state index contributed by atoms with van der Waals surface area (Å²) >= 11 is 13.3. The van der Waals surface area contributed by atoms with E-state index in [0.717, 1.165) is 10.3 Å². The lowest BCUT2D eigenvalue weighted by Crippen LogP contribution is -2.14. The lowest BCUT2D eigenvalue weighted by molar-refractivity contribution is -0.113.